The fourth-order valence-electron chi connectivity index (χ4n) is 4.65. The number of benzene rings is 1. The lowest BCUT2D eigenvalue weighted by Crippen LogP contribution is -2.41. The van der Waals surface area contributed by atoms with E-state index in [1.807, 2.05) is 0 Å². The van der Waals surface area contributed by atoms with Crippen molar-refractivity contribution in [1.29, 1.82) is 0 Å². The smallest absolute Gasteiger partial charge is 0.410 e. The standard InChI is InChI=1S/C25H24Cl2N8O4/c1-2-39-25(38)34-10-14(23-15(11-34)7-22(37)31-32-23)6-21(36)29-24-33-30-20-5-13(9-28)18(12-35(20)24)17-4-3-16(26)8-19(17)27/h3-5,7-8,12,14H,2,6,9-11,28H2,1H3,(H,31,37)(H,29,33,36). The van der Waals surface area contributed by atoms with Crippen LogP contribution in [0.25, 0.3) is 16.8 Å². The summed E-state index contributed by atoms with van der Waals surface area (Å²) in [5, 5.41) is 18.6. The number of rotatable bonds is 6. The molecule has 14 heteroatoms. The van der Waals surface area contributed by atoms with Gasteiger partial charge in [-0.15, -0.1) is 10.2 Å². The van der Waals surface area contributed by atoms with Crippen molar-refractivity contribution in [3.05, 3.63) is 73.7 Å². The maximum atomic E-state index is 13.2. The third-order valence-electron chi connectivity index (χ3n) is 6.39. The molecule has 1 aromatic carbocycles. The van der Waals surface area contributed by atoms with E-state index in [1.165, 1.54) is 11.0 Å². The number of ether oxygens (including phenoxy) is 1. The number of carbonyl (C=O) groups excluding carboxylic acids is 2. The van der Waals surface area contributed by atoms with Gasteiger partial charge in [0.2, 0.25) is 11.9 Å². The van der Waals surface area contributed by atoms with Gasteiger partial charge in [0.25, 0.3) is 5.56 Å². The van der Waals surface area contributed by atoms with Gasteiger partial charge >= 0.3 is 6.09 Å². The molecule has 4 aromatic rings. The summed E-state index contributed by atoms with van der Waals surface area (Å²) in [6, 6.07) is 8.31. The second kappa shape index (κ2) is 11.0. The van der Waals surface area contributed by atoms with Crippen molar-refractivity contribution in [1.82, 2.24) is 29.7 Å². The number of aromatic nitrogens is 5. The van der Waals surface area contributed by atoms with Crippen LogP contribution in [-0.4, -0.2) is 54.8 Å². The molecule has 1 unspecified atom stereocenters. The zero-order valence-electron chi connectivity index (χ0n) is 20.8. The maximum absolute atomic E-state index is 13.2. The van der Waals surface area contributed by atoms with Gasteiger partial charge in [0, 0.05) is 64.4 Å². The molecule has 39 heavy (non-hydrogen) atoms. The number of nitrogens with zero attached hydrogens (tertiary/aromatic N) is 5. The Labute approximate surface area is 232 Å². The largest absolute Gasteiger partial charge is 0.450 e. The first-order valence-corrected chi connectivity index (χ1v) is 12.9. The highest BCUT2D eigenvalue weighted by Gasteiger charge is 2.32. The number of nitrogens with two attached hydrogens (primary N) is 1. The lowest BCUT2D eigenvalue weighted by Gasteiger charge is -2.32. The Hall–Kier alpha value is -4.00. The Kier molecular flexibility index (Phi) is 7.51. The van der Waals surface area contributed by atoms with Crippen molar-refractivity contribution in [3.63, 3.8) is 0 Å². The normalized spacial score (nSPS) is 14.8. The lowest BCUT2D eigenvalue weighted by molar-refractivity contribution is -0.116. The van der Waals surface area contributed by atoms with E-state index in [0.717, 1.165) is 11.1 Å². The number of nitrogens with one attached hydrogen (secondary N) is 2. The molecule has 0 radical (unpaired) electrons. The minimum atomic E-state index is -0.526. The SMILES string of the molecule is CCOC(=O)N1Cc2cc(=O)[nH]nc2C(CC(=O)Nc2nnc3cc(CN)c(-c4ccc(Cl)cc4Cl)cn23)C1. The van der Waals surface area contributed by atoms with Gasteiger partial charge in [0.05, 0.1) is 18.8 Å². The van der Waals surface area contributed by atoms with E-state index >= 15 is 0 Å². The first-order valence-electron chi connectivity index (χ1n) is 12.1. The average Bonchev–Trinajstić information content (AvgIpc) is 3.28. The summed E-state index contributed by atoms with van der Waals surface area (Å²) in [6.45, 7) is 2.50. The molecule has 4 N–H and O–H groups in total. The van der Waals surface area contributed by atoms with Gasteiger partial charge in [-0.1, -0.05) is 29.3 Å². The maximum Gasteiger partial charge on any atom is 0.410 e. The molecule has 2 amide bonds. The van der Waals surface area contributed by atoms with Gasteiger partial charge in [-0.2, -0.15) is 5.10 Å². The third kappa shape index (κ3) is 5.44. The van der Waals surface area contributed by atoms with E-state index in [1.54, 1.807) is 41.8 Å². The number of fused-ring (bicyclic) bond motifs is 2. The summed E-state index contributed by atoms with van der Waals surface area (Å²) in [7, 11) is 0. The topological polar surface area (TPSA) is 161 Å². The van der Waals surface area contributed by atoms with E-state index in [4.69, 9.17) is 33.7 Å². The van der Waals surface area contributed by atoms with E-state index in [0.29, 0.717) is 32.5 Å². The molecule has 1 aliphatic rings. The lowest BCUT2D eigenvalue weighted by atomic mass is 9.92. The Bertz CT molecular complexity index is 1640. The van der Waals surface area contributed by atoms with E-state index in [-0.39, 0.29) is 44.5 Å². The molecule has 12 nitrogen and oxygen atoms in total. The Balaban J connectivity index is 1.43. The molecule has 1 aliphatic heterocycles. The minimum Gasteiger partial charge on any atom is -0.450 e. The zero-order chi connectivity index (χ0) is 27.7. The summed E-state index contributed by atoms with van der Waals surface area (Å²) < 4.78 is 6.76. The highest BCUT2D eigenvalue weighted by atomic mass is 35.5. The summed E-state index contributed by atoms with van der Waals surface area (Å²) in [5.41, 5.74) is 9.42. The number of aromatic amines is 1. The molecule has 3 aromatic heterocycles. The molecule has 1 atom stereocenters. The van der Waals surface area contributed by atoms with Crippen LogP contribution >= 0.6 is 23.2 Å². The first kappa shape index (κ1) is 26.6. The zero-order valence-corrected chi connectivity index (χ0v) is 22.3. The van der Waals surface area contributed by atoms with E-state index in [9.17, 15) is 14.4 Å². The van der Waals surface area contributed by atoms with Crippen LogP contribution in [0.5, 0.6) is 0 Å². The molecule has 0 saturated carbocycles. The van der Waals surface area contributed by atoms with Gasteiger partial charge in [0.1, 0.15) is 0 Å². The van der Waals surface area contributed by atoms with Crippen molar-refractivity contribution in [2.24, 2.45) is 5.73 Å². The van der Waals surface area contributed by atoms with Gasteiger partial charge in [-0.25, -0.2) is 9.89 Å². The predicted molar refractivity (Wildman–Crippen MR) is 145 cm³/mol. The predicted octanol–water partition coefficient (Wildman–Crippen LogP) is 3.33. The molecular formula is C25H24Cl2N8O4. The number of halogens is 2. The monoisotopic (exact) mass is 570 g/mol. The van der Waals surface area contributed by atoms with Crippen LogP contribution in [-0.2, 0) is 22.6 Å². The Morgan fingerprint density at radius 3 is 2.77 bits per heavy atom. The number of pyridine rings is 1. The molecule has 0 spiro atoms. The summed E-state index contributed by atoms with van der Waals surface area (Å²) in [4.78, 5) is 38.9. The highest BCUT2D eigenvalue weighted by Crippen LogP contribution is 2.34. The molecule has 0 aliphatic carbocycles. The molecule has 202 valence electrons. The van der Waals surface area contributed by atoms with Crippen LogP contribution in [0.15, 0.2) is 41.3 Å². The Morgan fingerprint density at radius 2 is 2.03 bits per heavy atom. The fourth-order valence-corrected chi connectivity index (χ4v) is 5.16. The van der Waals surface area contributed by atoms with Crippen molar-refractivity contribution < 1.29 is 14.3 Å². The third-order valence-corrected chi connectivity index (χ3v) is 6.94. The molecule has 0 fully saturated rings. The van der Waals surface area contributed by atoms with Crippen molar-refractivity contribution in [2.45, 2.75) is 32.4 Å². The van der Waals surface area contributed by atoms with Crippen molar-refractivity contribution in [2.75, 3.05) is 18.5 Å². The molecular weight excluding hydrogens is 547 g/mol. The van der Waals surface area contributed by atoms with Crippen molar-refractivity contribution in [3.8, 4) is 11.1 Å². The molecule has 4 heterocycles. The number of hydrogen-bond donors (Lipinski definition) is 3. The second-order valence-corrected chi connectivity index (χ2v) is 9.81. The number of H-pyrrole nitrogens is 1. The van der Waals surface area contributed by atoms with Crippen LogP contribution < -0.4 is 16.6 Å². The number of amides is 2. The Morgan fingerprint density at radius 1 is 1.21 bits per heavy atom. The van der Waals surface area contributed by atoms with Gasteiger partial charge in [-0.3, -0.25) is 19.3 Å². The molecule has 0 saturated heterocycles. The average molecular weight is 571 g/mol. The van der Waals surface area contributed by atoms with Gasteiger partial charge < -0.3 is 15.4 Å². The van der Waals surface area contributed by atoms with Crippen molar-refractivity contribution >= 4 is 46.8 Å². The number of anilines is 1. The summed E-state index contributed by atoms with van der Waals surface area (Å²) in [5.74, 6) is -0.674. The summed E-state index contributed by atoms with van der Waals surface area (Å²) in [6.07, 6.45) is 1.20. The van der Waals surface area contributed by atoms with E-state index in [2.05, 4.69) is 25.7 Å². The molecule has 5 rings (SSSR count). The summed E-state index contributed by atoms with van der Waals surface area (Å²) >= 11 is 12.5. The first-order chi connectivity index (χ1) is 18.8. The number of hydrogen-bond acceptors (Lipinski definition) is 8. The van der Waals surface area contributed by atoms with Crippen LogP contribution in [0.1, 0.15) is 36.1 Å². The molecule has 0 bridgehead atoms. The highest BCUT2D eigenvalue weighted by molar-refractivity contribution is 6.36. The van der Waals surface area contributed by atoms with Crippen LogP contribution in [0.2, 0.25) is 10.0 Å². The quantitative estimate of drug-likeness (QED) is 0.318. The van der Waals surface area contributed by atoms with E-state index < -0.39 is 17.6 Å². The van der Waals surface area contributed by atoms with Crippen LogP contribution in [0.4, 0.5) is 10.7 Å². The minimum absolute atomic E-state index is 0.0341. The fraction of sp³-hybridized carbons (Fsp3) is 0.280. The second-order valence-electron chi connectivity index (χ2n) is 8.96. The van der Waals surface area contributed by atoms with Crippen LogP contribution in [0.3, 0.4) is 0 Å². The number of carbonyl (C=O) groups is 2. The van der Waals surface area contributed by atoms with Crippen LogP contribution in [0, 0.1) is 0 Å². The van der Waals surface area contributed by atoms with Gasteiger partial charge in [-0.05, 0) is 30.7 Å². The van der Waals surface area contributed by atoms with Gasteiger partial charge in [0.15, 0.2) is 5.65 Å².